The van der Waals surface area contributed by atoms with Crippen LogP contribution in [0.2, 0.25) is 0 Å². The number of hydrogen-bond acceptors (Lipinski definition) is 4. The molecule has 0 spiro atoms. The van der Waals surface area contributed by atoms with E-state index in [2.05, 4.69) is 4.98 Å². The van der Waals surface area contributed by atoms with E-state index >= 15 is 0 Å². The second-order valence-corrected chi connectivity index (χ2v) is 4.05. The van der Waals surface area contributed by atoms with E-state index < -0.39 is 11.4 Å². The summed E-state index contributed by atoms with van der Waals surface area (Å²) in [5, 5.41) is 19.1. The van der Waals surface area contributed by atoms with E-state index in [1.54, 1.807) is 12.1 Å². The van der Waals surface area contributed by atoms with Crippen LogP contribution in [0.15, 0.2) is 22.9 Å². The molecule has 1 aromatic carbocycles. The number of carbonyl (C=O) groups is 1. The molecule has 1 saturated carbocycles. The van der Waals surface area contributed by atoms with Crippen molar-refractivity contribution in [3.8, 4) is 5.75 Å². The van der Waals surface area contributed by atoms with Crippen LogP contribution in [0.4, 0.5) is 0 Å². The van der Waals surface area contributed by atoms with Gasteiger partial charge in [-0.1, -0.05) is 6.07 Å². The summed E-state index contributed by atoms with van der Waals surface area (Å²) in [7, 11) is 0. The average Bonchev–Trinajstić information content (AvgIpc) is 2.90. The van der Waals surface area contributed by atoms with Crippen LogP contribution in [0.1, 0.15) is 18.4 Å². The van der Waals surface area contributed by atoms with E-state index in [4.69, 9.17) is 9.52 Å². The third-order valence-electron chi connectivity index (χ3n) is 3.15. The number of aliphatic carboxylic acids is 1. The van der Waals surface area contributed by atoms with Crippen molar-refractivity contribution in [1.29, 1.82) is 0 Å². The maximum absolute atomic E-state index is 11.2. The minimum atomic E-state index is -0.926. The standard InChI is InChI=1S/C11H9NO4/c13-8-6(11(3-4-11)10(14)15)1-2-7-9(8)16-5-12-7/h1-2,5,13H,3-4H2,(H,14,15). The molecule has 1 heterocycles. The Morgan fingerprint density at radius 1 is 1.44 bits per heavy atom. The lowest BCUT2D eigenvalue weighted by Crippen LogP contribution is -2.19. The SMILES string of the molecule is O=C(O)C1(c2ccc3ncoc3c2O)CC1. The van der Waals surface area contributed by atoms with Crippen molar-refractivity contribution in [3.05, 3.63) is 24.1 Å². The van der Waals surface area contributed by atoms with Crippen LogP contribution in [-0.2, 0) is 10.2 Å². The predicted molar refractivity (Wildman–Crippen MR) is 54.2 cm³/mol. The molecule has 1 aliphatic carbocycles. The van der Waals surface area contributed by atoms with Gasteiger partial charge in [-0.2, -0.15) is 0 Å². The fourth-order valence-corrected chi connectivity index (χ4v) is 2.02. The Hall–Kier alpha value is -2.04. The number of carboxylic acid groups (broad SMARTS) is 1. The topological polar surface area (TPSA) is 83.6 Å². The van der Waals surface area contributed by atoms with Crippen molar-refractivity contribution in [2.24, 2.45) is 0 Å². The summed E-state index contributed by atoms with van der Waals surface area (Å²) in [6.07, 6.45) is 2.33. The number of phenolic OH excluding ortho intramolecular Hbond substituents is 1. The van der Waals surface area contributed by atoms with E-state index in [0.717, 1.165) is 0 Å². The lowest BCUT2D eigenvalue weighted by Gasteiger charge is -2.11. The molecule has 0 bridgehead atoms. The van der Waals surface area contributed by atoms with Crippen LogP contribution in [0.5, 0.6) is 5.75 Å². The zero-order chi connectivity index (χ0) is 11.3. The van der Waals surface area contributed by atoms with Crippen LogP contribution < -0.4 is 0 Å². The van der Waals surface area contributed by atoms with Gasteiger partial charge in [-0.15, -0.1) is 0 Å². The van der Waals surface area contributed by atoms with Crippen molar-refractivity contribution < 1.29 is 19.4 Å². The Labute approximate surface area is 90.3 Å². The molecule has 16 heavy (non-hydrogen) atoms. The third kappa shape index (κ3) is 0.997. The molecule has 0 unspecified atom stereocenters. The highest BCUT2D eigenvalue weighted by Crippen LogP contribution is 2.52. The quantitative estimate of drug-likeness (QED) is 0.802. The molecule has 3 rings (SSSR count). The number of carboxylic acids is 1. The van der Waals surface area contributed by atoms with Gasteiger partial charge in [0.15, 0.2) is 17.7 Å². The van der Waals surface area contributed by atoms with Gasteiger partial charge in [-0.05, 0) is 18.9 Å². The molecule has 0 amide bonds. The smallest absolute Gasteiger partial charge is 0.314 e. The molecule has 0 atom stereocenters. The number of nitrogens with zero attached hydrogens (tertiary/aromatic N) is 1. The Balaban J connectivity index is 2.25. The zero-order valence-electron chi connectivity index (χ0n) is 8.30. The van der Waals surface area contributed by atoms with Gasteiger partial charge < -0.3 is 14.6 Å². The van der Waals surface area contributed by atoms with Gasteiger partial charge in [0.1, 0.15) is 5.52 Å². The molecule has 0 saturated heterocycles. The van der Waals surface area contributed by atoms with Crippen LogP contribution in [0, 0.1) is 0 Å². The molecule has 2 aromatic rings. The molecule has 5 heteroatoms. The maximum Gasteiger partial charge on any atom is 0.314 e. The summed E-state index contributed by atoms with van der Waals surface area (Å²) in [4.78, 5) is 15.0. The molecule has 1 aromatic heterocycles. The Kier molecular flexibility index (Phi) is 1.58. The monoisotopic (exact) mass is 219 g/mol. The highest BCUT2D eigenvalue weighted by atomic mass is 16.4. The number of rotatable bonds is 2. The summed E-state index contributed by atoms with van der Waals surface area (Å²) in [5.41, 5.74) is 0.280. The van der Waals surface area contributed by atoms with Crippen molar-refractivity contribution in [2.75, 3.05) is 0 Å². The first-order valence-electron chi connectivity index (χ1n) is 4.94. The van der Waals surface area contributed by atoms with Gasteiger partial charge in [-0.3, -0.25) is 4.79 Å². The molecule has 2 N–H and O–H groups in total. The lowest BCUT2D eigenvalue weighted by molar-refractivity contribution is -0.140. The minimum absolute atomic E-state index is 0.102. The van der Waals surface area contributed by atoms with Crippen molar-refractivity contribution in [3.63, 3.8) is 0 Å². The van der Waals surface area contributed by atoms with E-state index in [1.807, 2.05) is 0 Å². The minimum Gasteiger partial charge on any atom is -0.504 e. The van der Waals surface area contributed by atoms with Gasteiger partial charge in [0.05, 0.1) is 5.41 Å². The summed E-state index contributed by atoms with van der Waals surface area (Å²) in [6, 6.07) is 3.28. The molecule has 0 radical (unpaired) electrons. The second-order valence-electron chi connectivity index (χ2n) is 4.05. The molecule has 1 fully saturated rings. The number of phenols is 1. The molecule has 0 aliphatic heterocycles. The average molecular weight is 219 g/mol. The van der Waals surface area contributed by atoms with Crippen LogP contribution in [-0.4, -0.2) is 21.2 Å². The number of oxazole rings is 1. The Morgan fingerprint density at radius 2 is 2.19 bits per heavy atom. The van der Waals surface area contributed by atoms with Crippen LogP contribution >= 0.6 is 0 Å². The predicted octanol–water partition coefficient (Wildman–Crippen LogP) is 1.65. The number of aromatic hydroxyl groups is 1. The molecule has 82 valence electrons. The van der Waals surface area contributed by atoms with E-state index in [1.165, 1.54) is 6.39 Å². The van der Waals surface area contributed by atoms with Crippen molar-refractivity contribution in [2.45, 2.75) is 18.3 Å². The molecule has 5 nitrogen and oxygen atoms in total. The summed E-state index contributed by atoms with van der Waals surface area (Å²) >= 11 is 0. The zero-order valence-corrected chi connectivity index (χ0v) is 8.30. The summed E-state index contributed by atoms with van der Waals surface area (Å²) in [5.74, 6) is -1.00. The van der Waals surface area contributed by atoms with Gasteiger partial charge in [-0.25, -0.2) is 4.98 Å². The second kappa shape index (κ2) is 2.75. The largest absolute Gasteiger partial charge is 0.504 e. The van der Waals surface area contributed by atoms with E-state index in [-0.39, 0.29) is 11.3 Å². The van der Waals surface area contributed by atoms with Crippen molar-refractivity contribution >= 4 is 17.1 Å². The van der Waals surface area contributed by atoms with Crippen molar-refractivity contribution in [1.82, 2.24) is 4.98 Å². The molecular weight excluding hydrogens is 210 g/mol. The summed E-state index contributed by atoms with van der Waals surface area (Å²) in [6.45, 7) is 0. The lowest BCUT2D eigenvalue weighted by atomic mass is 9.95. The normalized spacial score (nSPS) is 17.5. The maximum atomic E-state index is 11.2. The van der Waals surface area contributed by atoms with Gasteiger partial charge in [0.2, 0.25) is 0 Å². The van der Waals surface area contributed by atoms with E-state index in [0.29, 0.717) is 23.9 Å². The van der Waals surface area contributed by atoms with Gasteiger partial charge >= 0.3 is 5.97 Å². The first kappa shape index (κ1) is 9.21. The molecule has 1 aliphatic rings. The fourth-order valence-electron chi connectivity index (χ4n) is 2.02. The Bertz CT molecular complexity index is 583. The highest BCUT2D eigenvalue weighted by molar-refractivity contribution is 5.90. The highest BCUT2D eigenvalue weighted by Gasteiger charge is 2.53. The van der Waals surface area contributed by atoms with Crippen LogP contribution in [0.25, 0.3) is 11.1 Å². The number of hydrogen-bond donors (Lipinski definition) is 2. The third-order valence-corrected chi connectivity index (χ3v) is 3.15. The van der Waals surface area contributed by atoms with Crippen LogP contribution in [0.3, 0.4) is 0 Å². The fraction of sp³-hybridized carbons (Fsp3) is 0.273. The van der Waals surface area contributed by atoms with E-state index in [9.17, 15) is 9.90 Å². The van der Waals surface area contributed by atoms with Gasteiger partial charge in [0.25, 0.3) is 0 Å². The Morgan fingerprint density at radius 3 is 2.81 bits per heavy atom. The van der Waals surface area contributed by atoms with Gasteiger partial charge in [0, 0.05) is 5.56 Å². The molecular formula is C11H9NO4. The number of benzene rings is 1. The first-order valence-corrected chi connectivity index (χ1v) is 4.94. The summed E-state index contributed by atoms with van der Waals surface area (Å²) < 4.78 is 5.04. The number of aromatic nitrogens is 1. The first-order chi connectivity index (χ1) is 7.65. The number of fused-ring (bicyclic) bond motifs is 1.